The van der Waals surface area contributed by atoms with Gasteiger partial charge in [-0.2, -0.15) is 0 Å². The Morgan fingerprint density at radius 3 is 1.17 bits per heavy atom. The lowest BCUT2D eigenvalue weighted by Crippen LogP contribution is -2.34. The Kier molecular flexibility index (Phi) is 14.7. The molecule has 2 amide bonds. The van der Waals surface area contributed by atoms with Gasteiger partial charge in [0.05, 0.1) is 45.3 Å². The van der Waals surface area contributed by atoms with Crippen molar-refractivity contribution < 1.29 is 9.59 Å². The number of fused-ring (bicyclic) bond motifs is 1. The van der Waals surface area contributed by atoms with Crippen molar-refractivity contribution in [1.82, 2.24) is 29.7 Å². The number of carbonyl (C=O) groups excluding carboxylic acids is 2. The lowest BCUT2D eigenvalue weighted by molar-refractivity contribution is -0.124. The van der Waals surface area contributed by atoms with Crippen LogP contribution in [0.1, 0.15) is 112 Å². The topological polar surface area (TPSA) is 92.2 Å². The van der Waals surface area contributed by atoms with Crippen molar-refractivity contribution in [1.29, 1.82) is 0 Å². The van der Waals surface area contributed by atoms with Crippen LogP contribution in [-0.2, 0) is 9.59 Å². The zero-order chi connectivity index (χ0) is 45.8. The molecule has 330 valence electrons. The molecule has 0 saturated heterocycles. The molecular formula is C58H56N6O2. The third kappa shape index (κ3) is 10.3. The van der Waals surface area contributed by atoms with Crippen LogP contribution in [0.15, 0.2) is 145 Å². The van der Waals surface area contributed by atoms with Gasteiger partial charge < -0.3 is 9.80 Å². The standard InChI is InChI=1S/C58H56N6O2/c1-5-9-15-41(7-3)39-63-55(47-29-23-43(24-30-47)19-21-45-27-33-51(61-37-45)49-17-11-13-35-59-49)53-54(57(63)65)56(64(58(53)66)40-42(8-4)16-10-6-2)48-31-25-44(26-32-48)20-22-46-28-34-52(62-38-46)50-18-12-14-36-60-50/h11-14,17-18,23-38,41-42H,5-10,15-16,39-40H2,1-4H3. The largest absolute Gasteiger partial charge is 0.307 e. The summed E-state index contributed by atoms with van der Waals surface area (Å²) in [6.45, 7) is 9.88. The molecule has 8 nitrogen and oxygen atoms in total. The fourth-order valence-electron chi connectivity index (χ4n) is 8.67. The summed E-state index contributed by atoms with van der Waals surface area (Å²) in [6.07, 6.45) is 15.3. The number of carbonyl (C=O) groups is 2. The lowest BCUT2D eigenvalue weighted by atomic mass is 9.97. The second-order valence-electron chi connectivity index (χ2n) is 17.1. The molecule has 0 fully saturated rings. The van der Waals surface area contributed by atoms with E-state index in [0.29, 0.717) is 47.5 Å². The maximum absolute atomic E-state index is 15.2. The zero-order valence-corrected chi connectivity index (χ0v) is 38.4. The van der Waals surface area contributed by atoms with Gasteiger partial charge in [0.15, 0.2) is 0 Å². The minimum atomic E-state index is -0.113. The number of unbranched alkanes of at least 4 members (excludes halogenated alkanes) is 2. The van der Waals surface area contributed by atoms with Crippen LogP contribution in [0.3, 0.4) is 0 Å². The van der Waals surface area contributed by atoms with Crippen LogP contribution in [-0.4, -0.2) is 54.6 Å². The number of hydrogen-bond acceptors (Lipinski definition) is 6. The molecule has 66 heavy (non-hydrogen) atoms. The van der Waals surface area contributed by atoms with Crippen LogP contribution in [0.4, 0.5) is 0 Å². The Bertz CT molecular complexity index is 2630. The first-order chi connectivity index (χ1) is 32.4. The molecule has 2 aliphatic rings. The fourth-order valence-corrected chi connectivity index (χ4v) is 8.67. The number of amides is 2. The average molecular weight is 869 g/mol. The smallest absolute Gasteiger partial charge is 0.261 e. The van der Waals surface area contributed by atoms with Gasteiger partial charge >= 0.3 is 0 Å². The third-order valence-electron chi connectivity index (χ3n) is 12.6. The van der Waals surface area contributed by atoms with E-state index in [0.717, 1.165) is 108 Å². The Labute approximate surface area is 390 Å². The van der Waals surface area contributed by atoms with Crippen molar-refractivity contribution in [2.75, 3.05) is 13.1 Å². The summed E-state index contributed by atoms with van der Waals surface area (Å²) in [7, 11) is 0. The predicted octanol–water partition coefficient (Wildman–Crippen LogP) is 11.6. The first kappa shape index (κ1) is 45.2. The summed E-state index contributed by atoms with van der Waals surface area (Å²) in [5.74, 6) is 13.4. The summed E-state index contributed by atoms with van der Waals surface area (Å²) < 4.78 is 0. The van der Waals surface area contributed by atoms with E-state index in [2.05, 4.69) is 71.3 Å². The van der Waals surface area contributed by atoms with E-state index < -0.39 is 0 Å². The molecule has 0 N–H and O–H groups in total. The van der Waals surface area contributed by atoms with Crippen molar-refractivity contribution >= 4 is 23.2 Å². The molecule has 0 aliphatic carbocycles. The second-order valence-corrected chi connectivity index (χ2v) is 17.1. The Balaban J connectivity index is 1.15. The van der Waals surface area contributed by atoms with E-state index in [1.165, 1.54) is 0 Å². The molecule has 2 unspecified atom stereocenters. The van der Waals surface area contributed by atoms with Gasteiger partial charge in [0.2, 0.25) is 0 Å². The van der Waals surface area contributed by atoms with Crippen LogP contribution in [0, 0.1) is 35.5 Å². The van der Waals surface area contributed by atoms with Gasteiger partial charge in [-0.3, -0.25) is 29.5 Å². The van der Waals surface area contributed by atoms with E-state index in [4.69, 9.17) is 0 Å². The molecule has 6 aromatic rings. The van der Waals surface area contributed by atoms with Gasteiger partial charge in [-0.25, -0.2) is 0 Å². The number of pyridine rings is 4. The van der Waals surface area contributed by atoms with Crippen LogP contribution >= 0.6 is 0 Å². The average Bonchev–Trinajstić information content (AvgIpc) is 3.82. The number of rotatable bonds is 16. The number of hydrogen-bond donors (Lipinski definition) is 0. The molecule has 2 atom stereocenters. The van der Waals surface area contributed by atoms with Crippen LogP contribution in [0.2, 0.25) is 0 Å². The van der Waals surface area contributed by atoms with Crippen molar-refractivity contribution in [2.24, 2.45) is 11.8 Å². The Morgan fingerprint density at radius 2 is 0.833 bits per heavy atom. The predicted molar refractivity (Wildman–Crippen MR) is 264 cm³/mol. The zero-order valence-electron chi connectivity index (χ0n) is 38.4. The molecule has 0 radical (unpaired) electrons. The van der Waals surface area contributed by atoms with Crippen molar-refractivity contribution in [3.8, 4) is 46.5 Å². The minimum absolute atomic E-state index is 0.113. The molecule has 0 spiro atoms. The molecule has 0 bridgehead atoms. The molecule has 6 heterocycles. The third-order valence-corrected chi connectivity index (χ3v) is 12.6. The highest BCUT2D eigenvalue weighted by atomic mass is 16.2. The highest BCUT2D eigenvalue weighted by Gasteiger charge is 2.49. The molecule has 2 aromatic carbocycles. The first-order valence-electron chi connectivity index (χ1n) is 23.5. The van der Waals surface area contributed by atoms with Crippen LogP contribution in [0.25, 0.3) is 34.2 Å². The van der Waals surface area contributed by atoms with Gasteiger partial charge in [-0.05, 0) is 109 Å². The summed E-state index contributed by atoms with van der Waals surface area (Å²) in [5, 5.41) is 0. The summed E-state index contributed by atoms with van der Waals surface area (Å²) in [4.78, 5) is 52.1. The summed E-state index contributed by atoms with van der Waals surface area (Å²) in [5.41, 5.74) is 10.5. The maximum atomic E-state index is 15.2. The van der Waals surface area contributed by atoms with Crippen molar-refractivity contribution in [2.45, 2.75) is 79.1 Å². The van der Waals surface area contributed by atoms with Crippen LogP contribution < -0.4 is 0 Å². The first-order valence-corrected chi connectivity index (χ1v) is 23.5. The monoisotopic (exact) mass is 868 g/mol. The van der Waals surface area contributed by atoms with Gasteiger partial charge in [0.25, 0.3) is 11.8 Å². The molecule has 4 aromatic heterocycles. The molecule has 0 saturated carbocycles. The summed E-state index contributed by atoms with van der Waals surface area (Å²) >= 11 is 0. The quantitative estimate of drug-likeness (QED) is 0.0900. The highest BCUT2D eigenvalue weighted by Crippen LogP contribution is 2.47. The number of aromatic nitrogens is 4. The summed E-state index contributed by atoms with van der Waals surface area (Å²) in [6, 6.07) is 35.2. The minimum Gasteiger partial charge on any atom is -0.307 e. The van der Waals surface area contributed by atoms with Gasteiger partial charge in [-0.1, -0.05) is 126 Å². The van der Waals surface area contributed by atoms with Gasteiger partial charge in [0.1, 0.15) is 0 Å². The highest BCUT2D eigenvalue weighted by molar-refractivity contribution is 6.30. The van der Waals surface area contributed by atoms with Crippen LogP contribution in [0.5, 0.6) is 0 Å². The number of benzene rings is 2. The van der Waals surface area contributed by atoms with E-state index in [1.807, 2.05) is 119 Å². The second kappa shape index (κ2) is 21.5. The molecule has 2 aliphatic heterocycles. The SMILES string of the molecule is CCCCC(CC)CN1C(=O)C2=C(c3ccc(C#Cc4ccc(-c5ccccn5)nc4)cc3)N(CC(CC)CCCC)C(=O)C2=C1c1ccc(C#Cc2ccc(-c3ccccn3)nc2)cc1. The van der Waals surface area contributed by atoms with E-state index in [-0.39, 0.29) is 11.8 Å². The van der Waals surface area contributed by atoms with Gasteiger partial charge in [-0.15, -0.1) is 0 Å². The van der Waals surface area contributed by atoms with E-state index in [1.54, 1.807) is 24.8 Å². The Hall–Kier alpha value is -7.42. The lowest BCUT2D eigenvalue weighted by Gasteiger charge is -2.29. The van der Waals surface area contributed by atoms with E-state index in [9.17, 15) is 0 Å². The molecule has 8 rings (SSSR count). The fraction of sp³-hybridized carbons (Fsp3) is 0.276. The molecular weight excluding hydrogens is 813 g/mol. The van der Waals surface area contributed by atoms with Gasteiger partial charge in [0, 0.05) is 60.1 Å². The molecule has 8 heteroatoms. The Morgan fingerprint density at radius 1 is 0.455 bits per heavy atom. The number of nitrogens with zero attached hydrogens (tertiary/aromatic N) is 6. The normalized spacial score (nSPS) is 14.2. The van der Waals surface area contributed by atoms with Crippen molar-refractivity contribution in [3.05, 3.63) is 179 Å². The van der Waals surface area contributed by atoms with E-state index >= 15 is 9.59 Å². The van der Waals surface area contributed by atoms with Crippen molar-refractivity contribution in [3.63, 3.8) is 0 Å². The maximum Gasteiger partial charge on any atom is 0.261 e.